The maximum absolute atomic E-state index is 12.9. The van der Waals surface area contributed by atoms with E-state index in [9.17, 15) is 13.6 Å². The van der Waals surface area contributed by atoms with Crippen molar-refractivity contribution >= 4 is 17.4 Å². The molecule has 2 nitrogen and oxygen atoms in total. The number of ether oxygens (including phenoxy) is 1. The van der Waals surface area contributed by atoms with Crippen LogP contribution in [-0.4, -0.2) is 12.4 Å². The Hall–Kier alpha value is -1.94. The van der Waals surface area contributed by atoms with Gasteiger partial charge in [0.25, 0.3) is 0 Å². The van der Waals surface area contributed by atoms with Crippen molar-refractivity contribution in [2.24, 2.45) is 0 Å². The molecular formula is C14H9ClF2O2. The predicted octanol–water partition coefficient (Wildman–Crippen LogP) is 3.88. The van der Waals surface area contributed by atoms with Gasteiger partial charge in [0.1, 0.15) is 17.4 Å². The highest BCUT2D eigenvalue weighted by Crippen LogP contribution is 2.24. The fourth-order valence-electron chi connectivity index (χ4n) is 1.48. The van der Waals surface area contributed by atoms with Crippen molar-refractivity contribution in [3.05, 3.63) is 64.7 Å². The van der Waals surface area contributed by atoms with Crippen LogP contribution in [0.25, 0.3) is 0 Å². The zero-order valence-corrected chi connectivity index (χ0v) is 10.5. The molecule has 0 radical (unpaired) electrons. The minimum atomic E-state index is -0.495. The van der Waals surface area contributed by atoms with Crippen molar-refractivity contribution < 1.29 is 18.3 Å². The molecule has 0 amide bonds. The van der Waals surface area contributed by atoms with Gasteiger partial charge in [-0.25, -0.2) is 8.78 Å². The fourth-order valence-corrected chi connectivity index (χ4v) is 1.70. The zero-order valence-electron chi connectivity index (χ0n) is 9.70. The number of rotatable bonds is 4. The van der Waals surface area contributed by atoms with E-state index in [0.29, 0.717) is 0 Å². The Morgan fingerprint density at radius 1 is 1.11 bits per heavy atom. The van der Waals surface area contributed by atoms with Gasteiger partial charge >= 0.3 is 0 Å². The van der Waals surface area contributed by atoms with Crippen LogP contribution in [0.3, 0.4) is 0 Å². The first-order valence-electron chi connectivity index (χ1n) is 5.43. The van der Waals surface area contributed by atoms with Crippen LogP contribution in [0.1, 0.15) is 10.4 Å². The van der Waals surface area contributed by atoms with Gasteiger partial charge in [-0.1, -0.05) is 23.7 Å². The number of hydrogen-bond donors (Lipinski definition) is 0. The van der Waals surface area contributed by atoms with Crippen LogP contribution in [-0.2, 0) is 0 Å². The highest BCUT2D eigenvalue weighted by Gasteiger charge is 2.09. The monoisotopic (exact) mass is 282 g/mol. The number of Topliss-reactive ketones (excluding diaryl/α,β-unsaturated/α-hetero) is 1. The molecule has 0 aliphatic rings. The van der Waals surface area contributed by atoms with E-state index in [1.165, 1.54) is 30.3 Å². The topological polar surface area (TPSA) is 26.3 Å². The highest BCUT2D eigenvalue weighted by molar-refractivity contribution is 6.32. The summed E-state index contributed by atoms with van der Waals surface area (Å²) < 4.78 is 30.9. The lowest BCUT2D eigenvalue weighted by molar-refractivity contribution is 0.0921. The van der Waals surface area contributed by atoms with Gasteiger partial charge < -0.3 is 4.74 Å². The van der Waals surface area contributed by atoms with Crippen molar-refractivity contribution in [3.63, 3.8) is 0 Å². The molecule has 0 fully saturated rings. The molecule has 0 unspecified atom stereocenters. The van der Waals surface area contributed by atoms with Crippen molar-refractivity contribution in [1.82, 2.24) is 0 Å². The molecule has 0 spiro atoms. The van der Waals surface area contributed by atoms with Gasteiger partial charge in [-0.3, -0.25) is 4.79 Å². The molecule has 0 heterocycles. The average molecular weight is 283 g/mol. The minimum absolute atomic E-state index is 0.0760. The lowest BCUT2D eigenvalue weighted by atomic mass is 10.1. The van der Waals surface area contributed by atoms with Crippen LogP contribution in [0, 0.1) is 11.6 Å². The Morgan fingerprint density at radius 2 is 1.84 bits per heavy atom. The summed E-state index contributed by atoms with van der Waals surface area (Å²) in [7, 11) is 0. The molecule has 0 saturated heterocycles. The maximum Gasteiger partial charge on any atom is 0.200 e. The largest absolute Gasteiger partial charge is 0.484 e. The minimum Gasteiger partial charge on any atom is -0.484 e. The number of ketones is 1. The standard InChI is InChI=1S/C14H9ClF2O2/c15-12-7-11(17)4-5-14(12)19-8-13(18)9-2-1-3-10(16)6-9/h1-7H,8H2. The lowest BCUT2D eigenvalue weighted by Gasteiger charge is -2.07. The van der Waals surface area contributed by atoms with E-state index in [1.54, 1.807) is 0 Å². The molecule has 0 aliphatic carbocycles. The number of carbonyl (C=O) groups excluding carboxylic acids is 1. The van der Waals surface area contributed by atoms with Gasteiger partial charge in [0.15, 0.2) is 12.4 Å². The van der Waals surface area contributed by atoms with Crippen LogP contribution in [0.4, 0.5) is 8.78 Å². The quantitative estimate of drug-likeness (QED) is 0.796. The van der Waals surface area contributed by atoms with Crippen LogP contribution in [0.15, 0.2) is 42.5 Å². The Morgan fingerprint density at radius 3 is 2.53 bits per heavy atom. The first-order chi connectivity index (χ1) is 9.06. The number of halogens is 3. The van der Waals surface area contributed by atoms with E-state index < -0.39 is 11.6 Å². The molecule has 2 aromatic carbocycles. The van der Waals surface area contributed by atoms with Crippen molar-refractivity contribution in [1.29, 1.82) is 0 Å². The second kappa shape index (κ2) is 5.80. The number of carbonyl (C=O) groups is 1. The van der Waals surface area contributed by atoms with Gasteiger partial charge in [-0.05, 0) is 30.3 Å². The zero-order chi connectivity index (χ0) is 13.8. The summed E-state index contributed by atoms with van der Waals surface area (Å²) in [6.45, 7) is -0.297. The number of benzene rings is 2. The molecule has 0 N–H and O–H groups in total. The number of hydrogen-bond acceptors (Lipinski definition) is 2. The van der Waals surface area contributed by atoms with Crippen LogP contribution in [0.5, 0.6) is 5.75 Å². The summed E-state index contributed by atoms with van der Waals surface area (Å²) in [6, 6.07) is 8.88. The Labute approximate surface area is 113 Å². The fraction of sp³-hybridized carbons (Fsp3) is 0.0714. The van der Waals surface area contributed by atoms with Crippen molar-refractivity contribution in [2.45, 2.75) is 0 Å². The molecular weight excluding hydrogens is 274 g/mol. The Bertz CT molecular complexity index is 614. The van der Waals surface area contributed by atoms with Crippen molar-refractivity contribution in [3.8, 4) is 5.75 Å². The smallest absolute Gasteiger partial charge is 0.200 e. The molecule has 0 aromatic heterocycles. The van der Waals surface area contributed by atoms with Crippen LogP contribution < -0.4 is 4.74 Å². The van der Waals surface area contributed by atoms with E-state index in [1.807, 2.05) is 0 Å². The summed E-state index contributed by atoms with van der Waals surface area (Å²) in [5, 5.41) is 0.0760. The average Bonchev–Trinajstić information content (AvgIpc) is 2.37. The third-order valence-corrected chi connectivity index (χ3v) is 2.69. The Balaban J connectivity index is 2.04. The van der Waals surface area contributed by atoms with E-state index in [2.05, 4.69) is 0 Å². The molecule has 0 bridgehead atoms. The van der Waals surface area contributed by atoms with E-state index in [4.69, 9.17) is 16.3 Å². The first kappa shape index (κ1) is 13.5. The molecule has 2 rings (SSSR count). The van der Waals surface area contributed by atoms with Gasteiger partial charge in [0, 0.05) is 5.56 Å². The highest BCUT2D eigenvalue weighted by atomic mass is 35.5. The summed E-state index contributed by atoms with van der Waals surface area (Å²) in [6.07, 6.45) is 0. The van der Waals surface area contributed by atoms with Gasteiger partial charge in [0.2, 0.25) is 0 Å². The molecule has 5 heteroatoms. The summed E-state index contributed by atoms with van der Waals surface area (Å²) in [5.74, 6) is -1.17. The second-order valence-corrected chi connectivity index (χ2v) is 4.20. The first-order valence-corrected chi connectivity index (χ1v) is 5.80. The van der Waals surface area contributed by atoms with Gasteiger partial charge in [-0.15, -0.1) is 0 Å². The molecule has 98 valence electrons. The van der Waals surface area contributed by atoms with E-state index in [-0.39, 0.29) is 28.7 Å². The molecule has 19 heavy (non-hydrogen) atoms. The lowest BCUT2D eigenvalue weighted by Crippen LogP contribution is -2.12. The van der Waals surface area contributed by atoms with Crippen molar-refractivity contribution in [2.75, 3.05) is 6.61 Å². The summed E-state index contributed by atoms with van der Waals surface area (Å²) >= 11 is 5.75. The normalized spacial score (nSPS) is 10.3. The second-order valence-electron chi connectivity index (χ2n) is 3.80. The van der Waals surface area contributed by atoms with Crippen LogP contribution in [0.2, 0.25) is 5.02 Å². The molecule has 0 atom stereocenters. The summed E-state index contributed by atoms with van der Waals surface area (Å²) in [5.41, 5.74) is 0.207. The molecule has 0 saturated carbocycles. The van der Waals surface area contributed by atoms with Gasteiger partial charge in [-0.2, -0.15) is 0 Å². The maximum atomic E-state index is 12.9. The van der Waals surface area contributed by atoms with E-state index in [0.717, 1.165) is 12.1 Å². The summed E-state index contributed by atoms with van der Waals surface area (Å²) in [4.78, 5) is 11.7. The Kier molecular flexibility index (Phi) is 4.12. The SMILES string of the molecule is O=C(COc1ccc(F)cc1Cl)c1cccc(F)c1. The van der Waals surface area contributed by atoms with Crippen LogP contribution >= 0.6 is 11.6 Å². The molecule has 2 aromatic rings. The van der Waals surface area contributed by atoms with E-state index >= 15 is 0 Å². The predicted molar refractivity (Wildman–Crippen MR) is 67.6 cm³/mol. The third-order valence-electron chi connectivity index (χ3n) is 2.40. The molecule has 0 aliphatic heterocycles. The third kappa shape index (κ3) is 3.51. The van der Waals surface area contributed by atoms with Gasteiger partial charge in [0.05, 0.1) is 5.02 Å².